The molecule has 30 heavy (non-hydrogen) atoms. The van der Waals surface area contributed by atoms with Crippen molar-refractivity contribution in [3.05, 3.63) is 48.8 Å². The molecule has 11 heteroatoms. The van der Waals surface area contributed by atoms with Crippen LogP contribution in [0.15, 0.2) is 53.8 Å². The zero-order valence-electron chi connectivity index (χ0n) is 16.3. The van der Waals surface area contributed by atoms with E-state index in [9.17, 15) is 0 Å². The highest BCUT2D eigenvalue weighted by atomic mass is 127. The maximum Gasteiger partial charge on any atom is 0.241 e. The number of nitrogen functional groups attached to an aromatic ring is 2. The number of aryl methyl sites for hydroxylation is 2. The molecule has 4 aromatic rings. The smallest absolute Gasteiger partial charge is 0.241 e. The van der Waals surface area contributed by atoms with Gasteiger partial charge >= 0.3 is 0 Å². The van der Waals surface area contributed by atoms with E-state index in [0.29, 0.717) is 17.1 Å². The fraction of sp³-hybridized carbons (Fsp3) is 0.105. The van der Waals surface area contributed by atoms with Gasteiger partial charge in [-0.15, -0.1) is 0 Å². The van der Waals surface area contributed by atoms with Crippen LogP contribution in [0.5, 0.6) is 0 Å². The number of rotatable bonds is 2. The lowest BCUT2D eigenvalue weighted by Gasteiger charge is -2.07. The van der Waals surface area contributed by atoms with Crippen molar-refractivity contribution in [3.63, 3.8) is 0 Å². The second-order valence-corrected chi connectivity index (χ2v) is 6.50. The van der Waals surface area contributed by atoms with Crippen LogP contribution in [-0.4, -0.2) is 16.2 Å². The maximum atomic E-state index is 6.10. The quantitative estimate of drug-likeness (QED) is 0.0758. The molecule has 0 atom stereocenters. The number of aliphatic imine (C=N–C) groups is 1. The van der Waals surface area contributed by atoms with Gasteiger partial charge in [0.2, 0.25) is 11.0 Å². The Bertz CT molecular complexity index is 1260. The van der Waals surface area contributed by atoms with Crippen LogP contribution in [0.1, 0.15) is 0 Å². The predicted octanol–water partition coefficient (Wildman–Crippen LogP) is -5.34. The van der Waals surface area contributed by atoms with Gasteiger partial charge in [-0.2, -0.15) is 0 Å². The van der Waals surface area contributed by atoms with E-state index in [4.69, 9.17) is 17.2 Å². The molecule has 0 unspecified atom stereocenters. The molecule has 0 saturated carbocycles. The van der Waals surface area contributed by atoms with Crippen LogP contribution in [0.25, 0.3) is 21.8 Å². The summed E-state index contributed by atoms with van der Waals surface area (Å²) >= 11 is 0. The lowest BCUT2D eigenvalue weighted by atomic mass is 10.2. The standard InChI is InChI=1S/C19H19N9.2HI/c1-27-17-5-3-11(7-13(17)15(20)9-23-27)25-19(22)26-12-4-6-18-14(8-12)16(21)10-24-28(18)2;;/h3-10,20-21H,1-2H3,(H3,22,25,26);2*1H. The van der Waals surface area contributed by atoms with E-state index in [1.165, 1.54) is 0 Å². The summed E-state index contributed by atoms with van der Waals surface area (Å²) in [6, 6.07) is 11.4. The number of halogens is 2. The van der Waals surface area contributed by atoms with E-state index >= 15 is 0 Å². The highest BCUT2D eigenvalue weighted by Crippen LogP contribution is 2.24. The summed E-state index contributed by atoms with van der Waals surface area (Å²) in [6.45, 7) is 0. The molecule has 4 rings (SSSR count). The van der Waals surface area contributed by atoms with Gasteiger partial charge in [0.05, 0.1) is 27.8 Å². The lowest BCUT2D eigenvalue weighted by molar-refractivity contribution is -0.705. The normalized spacial score (nSPS) is 11.1. The van der Waals surface area contributed by atoms with Crippen LogP contribution >= 0.6 is 0 Å². The Morgan fingerprint density at radius 1 is 0.867 bits per heavy atom. The van der Waals surface area contributed by atoms with Crippen LogP contribution in [0.4, 0.5) is 22.7 Å². The van der Waals surface area contributed by atoms with Crippen molar-refractivity contribution < 1.29 is 57.3 Å². The van der Waals surface area contributed by atoms with Gasteiger partial charge in [-0.25, -0.2) is 4.99 Å². The zero-order chi connectivity index (χ0) is 19.8. The van der Waals surface area contributed by atoms with Gasteiger partial charge in [0.1, 0.15) is 12.4 Å². The number of nitrogens with two attached hydrogens (primary N) is 3. The van der Waals surface area contributed by atoms with Crippen LogP contribution in [-0.2, 0) is 14.1 Å². The molecule has 0 spiro atoms. The number of hydrogen-bond acceptors (Lipinski definition) is 5. The first-order valence-corrected chi connectivity index (χ1v) is 8.62. The topological polar surface area (TPSA) is 136 Å². The predicted molar refractivity (Wildman–Crippen MR) is 110 cm³/mol. The van der Waals surface area contributed by atoms with Crippen molar-refractivity contribution in [1.82, 2.24) is 10.2 Å². The summed E-state index contributed by atoms with van der Waals surface area (Å²) in [5, 5.41) is 13.2. The first kappa shape index (κ1) is 23.7. The lowest BCUT2D eigenvalue weighted by Crippen LogP contribution is -3.00. The number of benzene rings is 2. The Morgan fingerprint density at radius 3 is 2.00 bits per heavy atom. The number of nitrogens with one attached hydrogen (secondary N) is 1. The van der Waals surface area contributed by atoms with Crippen molar-refractivity contribution in [2.75, 3.05) is 16.8 Å². The number of nitrogens with zero attached hydrogens (tertiary/aromatic N) is 5. The molecule has 156 valence electrons. The third-order valence-electron chi connectivity index (χ3n) is 4.56. The molecule has 0 amide bonds. The minimum Gasteiger partial charge on any atom is -1.00 e. The van der Waals surface area contributed by atoms with Crippen molar-refractivity contribution in [2.24, 2.45) is 24.8 Å². The first-order chi connectivity index (χ1) is 13.4. The molecular formula is C19H21I2N9. The van der Waals surface area contributed by atoms with Gasteiger partial charge in [0, 0.05) is 17.8 Å². The molecular weight excluding hydrogens is 608 g/mol. The number of fused-ring (bicyclic) bond motifs is 2. The second kappa shape index (κ2) is 9.51. The molecule has 0 bridgehead atoms. The van der Waals surface area contributed by atoms with Gasteiger partial charge in [0.25, 0.3) is 0 Å². The van der Waals surface area contributed by atoms with Crippen molar-refractivity contribution in [1.29, 1.82) is 0 Å². The van der Waals surface area contributed by atoms with Gasteiger partial charge in [-0.05, 0) is 34.5 Å². The SMILES string of the molecule is C[n+]1ncc(N)c2cc(N=C(N)Nc3ccc4c(c3)c(N)cn[n+]4C)ccc21.[I-].[I-]. The van der Waals surface area contributed by atoms with Crippen LogP contribution in [0.2, 0.25) is 0 Å². The zero-order valence-corrected chi connectivity index (χ0v) is 20.7. The number of aromatic nitrogens is 4. The van der Waals surface area contributed by atoms with Crippen LogP contribution in [0, 0.1) is 0 Å². The highest BCUT2D eigenvalue weighted by Gasteiger charge is 2.12. The summed E-state index contributed by atoms with van der Waals surface area (Å²) in [7, 11) is 3.73. The second-order valence-electron chi connectivity index (χ2n) is 6.50. The van der Waals surface area contributed by atoms with E-state index in [-0.39, 0.29) is 53.9 Å². The minimum absolute atomic E-state index is 0. The summed E-state index contributed by atoms with van der Waals surface area (Å²) < 4.78 is 3.52. The average Bonchev–Trinajstić information content (AvgIpc) is 2.68. The van der Waals surface area contributed by atoms with Crippen molar-refractivity contribution in [3.8, 4) is 0 Å². The van der Waals surface area contributed by atoms with E-state index in [2.05, 4.69) is 20.5 Å². The molecule has 0 aliphatic carbocycles. The maximum absolute atomic E-state index is 6.10. The Balaban J connectivity index is 0.00000160. The fourth-order valence-corrected chi connectivity index (χ4v) is 3.11. The van der Waals surface area contributed by atoms with Crippen molar-refractivity contribution >= 4 is 50.5 Å². The third kappa shape index (κ3) is 4.61. The van der Waals surface area contributed by atoms with Gasteiger partial charge in [0.15, 0.2) is 20.1 Å². The monoisotopic (exact) mass is 629 g/mol. The van der Waals surface area contributed by atoms with E-state index < -0.39 is 0 Å². The number of anilines is 3. The Morgan fingerprint density at radius 2 is 1.40 bits per heavy atom. The molecule has 0 radical (unpaired) electrons. The fourth-order valence-electron chi connectivity index (χ4n) is 3.11. The molecule has 0 saturated heterocycles. The molecule has 2 heterocycles. The number of hydrogen-bond donors (Lipinski definition) is 4. The Kier molecular flexibility index (Phi) is 7.52. The van der Waals surface area contributed by atoms with E-state index in [1.54, 1.807) is 21.8 Å². The molecule has 2 aromatic heterocycles. The number of guanidine groups is 1. The third-order valence-corrected chi connectivity index (χ3v) is 4.56. The van der Waals surface area contributed by atoms with Gasteiger partial charge in [-0.3, -0.25) is 0 Å². The molecule has 0 fully saturated rings. The summed E-state index contributed by atoms with van der Waals surface area (Å²) in [6.07, 6.45) is 3.24. The summed E-state index contributed by atoms with van der Waals surface area (Å²) in [5.74, 6) is 0.257. The first-order valence-electron chi connectivity index (χ1n) is 8.62. The summed E-state index contributed by atoms with van der Waals surface area (Å²) in [4.78, 5) is 4.44. The van der Waals surface area contributed by atoms with Crippen molar-refractivity contribution in [2.45, 2.75) is 0 Å². The van der Waals surface area contributed by atoms with E-state index in [1.807, 2.05) is 50.5 Å². The van der Waals surface area contributed by atoms with E-state index in [0.717, 1.165) is 27.5 Å². The highest BCUT2D eigenvalue weighted by molar-refractivity contribution is 5.98. The molecule has 9 nitrogen and oxygen atoms in total. The van der Waals surface area contributed by atoms with Crippen LogP contribution < -0.4 is 79.8 Å². The molecule has 0 aliphatic rings. The largest absolute Gasteiger partial charge is 1.00 e. The average molecular weight is 629 g/mol. The van der Waals surface area contributed by atoms with Gasteiger partial charge in [-0.1, -0.05) is 9.36 Å². The minimum atomic E-state index is 0. The Labute approximate surface area is 207 Å². The Hall–Kier alpha value is -2.55. The van der Waals surface area contributed by atoms with Crippen LogP contribution in [0.3, 0.4) is 0 Å². The summed E-state index contributed by atoms with van der Waals surface area (Å²) in [5.41, 5.74) is 22.7. The molecule has 7 N–H and O–H groups in total. The molecule has 2 aromatic carbocycles. The van der Waals surface area contributed by atoms with Gasteiger partial charge < -0.3 is 70.5 Å². The molecule has 0 aliphatic heterocycles.